The Bertz CT molecular complexity index is 361. The van der Waals surface area contributed by atoms with Crippen molar-refractivity contribution in [1.82, 2.24) is 0 Å². The highest BCUT2D eigenvalue weighted by atomic mass is 19.4. The summed E-state index contributed by atoms with van der Waals surface area (Å²) < 4.78 is 44.4. The van der Waals surface area contributed by atoms with Crippen LogP contribution in [0.25, 0.3) is 0 Å². The maximum atomic E-state index is 11.9. The minimum atomic E-state index is -4.75. The first-order valence-corrected chi connectivity index (χ1v) is 4.45. The third-order valence-electron chi connectivity index (χ3n) is 1.88. The van der Waals surface area contributed by atoms with Crippen LogP contribution in [0, 0.1) is 0 Å². The van der Waals surface area contributed by atoms with E-state index < -0.39 is 12.5 Å². The van der Waals surface area contributed by atoms with Crippen LogP contribution in [-0.4, -0.2) is 18.6 Å². The Hall–Kier alpha value is -1.43. The van der Waals surface area contributed by atoms with E-state index in [4.69, 9.17) is 4.74 Å². The summed E-state index contributed by atoms with van der Waals surface area (Å²) in [7, 11) is 1.37. The van der Waals surface area contributed by atoms with Crippen LogP contribution in [0.3, 0.4) is 0 Å². The topological polar surface area (TPSA) is 38.7 Å². The molecular formula is C10H11F3O3. The standard InChI is InChI=1S/C10H11F3O3/c1-6(14)8-5-7(16-10(11,12)13)3-4-9(8)15-2/h3-6,14H,1-2H3. The fraction of sp³-hybridized carbons (Fsp3) is 0.400. The Morgan fingerprint density at radius 1 is 1.31 bits per heavy atom. The molecule has 1 unspecified atom stereocenters. The summed E-state index contributed by atoms with van der Waals surface area (Å²) in [5.74, 6) is -0.0753. The normalized spacial score (nSPS) is 13.4. The quantitative estimate of drug-likeness (QED) is 0.876. The summed E-state index contributed by atoms with van der Waals surface area (Å²) in [6, 6.07) is 3.53. The van der Waals surface area contributed by atoms with Crippen LogP contribution in [0.4, 0.5) is 13.2 Å². The summed E-state index contributed by atoms with van der Waals surface area (Å²) in [6.45, 7) is 1.43. The van der Waals surface area contributed by atoms with Gasteiger partial charge in [0.25, 0.3) is 0 Å². The molecule has 0 bridgehead atoms. The van der Waals surface area contributed by atoms with Crippen LogP contribution in [0.2, 0.25) is 0 Å². The number of halogens is 3. The number of aliphatic hydroxyl groups is 1. The summed E-state index contributed by atoms with van der Waals surface area (Å²) in [4.78, 5) is 0. The van der Waals surface area contributed by atoms with Crippen molar-refractivity contribution in [2.24, 2.45) is 0 Å². The summed E-state index contributed by atoms with van der Waals surface area (Å²) in [5, 5.41) is 9.34. The molecule has 0 radical (unpaired) electrons. The summed E-state index contributed by atoms with van der Waals surface area (Å²) in [6.07, 6.45) is -5.68. The van der Waals surface area contributed by atoms with Gasteiger partial charge in [0.1, 0.15) is 11.5 Å². The van der Waals surface area contributed by atoms with E-state index in [1.807, 2.05) is 0 Å². The van der Waals surface area contributed by atoms with E-state index in [9.17, 15) is 18.3 Å². The molecule has 6 heteroatoms. The number of hydrogen-bond donors (Lipinski definition) is 1. The van der Waals surface area contributed by atoms with Crippen molar-refractivity contribution in [3.63, 3.8) is 0 Å². The average Bonchev–Trinajstić information content (AvgIpc) is 2.15. The molecule has 1 N–H and O–H groups in total. The highest BCUT2D eigenvalue weighted by Crippen LogP contribution is 2.31. The molecule has 0 amide bonds. The van der Waals surface area contributed by atoms with Crippen molar-refractivity contribution in [1.29, 1.82) is 0 Å². The molecule has 1 atom stereocenters. The first-order valence-electron chi connectivity index (χ1n) is 4.45. The van der Waals surface area contributed by atoms with Crippen LogP contribution in [0.5, 0.6) is 11.5 Å². The van der Waals surface area contributed by atoms with Crippen LogP contribution in [0.1, 0.15) is 18.6 Å². The number of aliphatic hydroxyl groups excluding tert-OH is 1. The van der Waals surface area contributed by atoms with Gasteiger partial charge in [-0.1, -0.05) is 0 Å². The van der Waals surface area contributed by atoms with Crippen LogP contribution in [-0.2, 0) is 0 Å². The molecule has 1 aromatic carbocycles. The minimum absolute atomic E-state index is 0.240. The molecular weight excluding hydrogens is 225 g/mol. The van der Waals surface area contributed by atoms with Gasteiger partial charge in [0.2, 0.25) is 0 Å². The van der Waals surface area contributed by atoms with E-state index in [1.54, 1.807) is 0 Å². The second kappa shape index (κ2) is 4.61. The zero-order chi connectivity index (χ0) is 12.3. The Morgan fingerprint density at radius 2 is 1.94 bits per heavy atom. The van der Waals surface area contributed by atoms with Crippen molar-refractivity contribution in [2.45, 2.75) is 19.4 Å². The van der Waals surface area contributed by atoms with Gasteiger partial charge in [-0.2, -0.15) is 0 Å². The number of rotatable bonds is 3. The fourth-order valence-corrected chi connectivity index (χ4v) is 1.24. The lowest BCUT2D eigenvalue weighted by Crippen LogP contribution is -2.17. The van der Waals surface area contributed by atoms with E-state index in [0.29, 0.717) is 5.75 Å². The van der Waals surface area contributed by atoms with Crippen LogP contribution < -0.4 is 9.47 Å². The van der Waals surface area contributed by atoms with Gasteiger partial charge in [-0.3, -0.25) is 0 Å². The van der Waals surface area contributed by atoms with Gasteiger partial charge in [-0.05, 0) is 25.1 Å². The Labute approximate surface area is 90.4 Å². The molecule has 3 nitrogen and oxygen atoms in total. The second-order valence-electron chi connectivity index (χ2n) is 3.13. The molecule has 0 aliphatic carbocycles. The summed E-state index contributed by atoms with van der Waals surface area (Å²) >= 11 is 0. The third-order valence-corrected chi connectivity index (χ3v) is 1.88. The van der Waals surface area contributed by atoms with Gasteiger partial charge in [0.15, 0.2) is 0 Å². The number of hydrogen-bond acceptors (Lipinski definition) is 3. The SMILES string of the molecule is COc1ccc(OC(F)(F)F)cc1C(C)O. The van der Waals surface area contributed by atoms with Crippen LogP contribution >= 0.6 is 0 Å². The third kappa shape index (κ3) is 3.30. The Morgan fingerprint density at radius 3 is 2.38 bits per heavy atom. The van der Waals surface area contributed by atoms with E-state index in [1.165, 1.54) is 20.1 Å². The summed E-state index contributed by atoms with van der Waals surface area (Å²) in [5.41, 5.74) is 0.240. The molecule has 0 fully saturated rings. The molecule has 16 heavy (non-hydrogen) atoms. The molecule has 90 valence electrons. The molecule has 1 rings (SSSR count). The first kappa shape index (κ1) is 12.6. The minimum Gasteiger partial charge on any atom is -0.496 e. The predicted octanol–water partition coefficient (Wildman–Crippen LogP) is 2.65. The fourth-order valence-electron chi connectivity index (χ4n) is 1.24. The number of methoxy groups -OCH3 is 1. The monoisotopic (exact) mass is 236 g/mol. The molecule has 0 aliphatic rings. The van der Waals surface area contributed by atoms with E-state index in [2.05, 4.69) is 4.74 Å². The predicted molar refractivity (Wildman–Crippen MR) is 50.3 cm³/mol. The van der Waals surface area contributed by atoms with E-state index >= 15 is 0 Å². The van der Waals surface area contributed by atoms with E-state index in [0.717, 1.165) is 12.1 Å². The molecule has 0 spiro atoms. The lowest BCUT2D eigenvalue weighted by Gasteiger charge is -2.14. The second-order valence-corrected chi connectivity index (χ2v) is 3.13. The van der Waals surface area contributed by atoms with Crippen molar-refractivity contribution >= 4 is 0 Å². The average molecular weight is 236 g/mol. The molecule has 0 aromatic heterocycles. The first-order chi connectivity index (χ1) is 7.33. The smallest absolute Gasteiger partial charge is 0.496 e. The zero-order valence-electron chi connectivity index (χ0n) is 8.71. The number of alkyl halides is 3. The van der Waals surface area contributed by atoms with Gasteiger partial charge in [0, 0.05) is 5.56 Å². The van der Waals surface area contributed by atoms with Crippen molar-refractivity contribution in [3.05, 3.63) is 23.8 Å². The number of benzene rings is 1. The van der Waals surface area contributed by atoms with Gasteiger partial charge >= 0.3 is 6.36 Å². The van der Waals surface area contributed by atoms with Gasteiger partial charge in [-0.15, -0.1) is 13.2 Å². The molecule has 0 aliphatic heterocycles. The lowest BCUT2D eigenvalue weighted by molar-refractivity contribution is -0.274. The van der Waals surface area contributed by atoms with Crippen molar-refractivity contribution < 1.29 is 27.8 Å². The molecule has 0 saturated heterocycles. The van der Waals surface area contributed by atoms with Crippen molar-refractivity contribution in [2.75, 3.05) is 7.11 Å². The van der Waals surface area contributed by atoms with Crippen LogP contribution in [0.15, 0.2) is 18.2 Å². The van der Waals surface area contributed by atoms with E-state index in [-0.39, 0.29) is 11.3 Å². The lowest BCUT2D eigenvalue weighted by atomic mass is 10.1. The Kier molecular flexibility index (Phi) is 3.64. The molecule has 0 saturated carbocycles. The maximum absolute atomic E-state index is 11.9. The van der Waals surface area contributed by atoms with Gasteiger partial charge in [-0.25, -0.2) is 0 Å². The zero-order valence-corrected chi connectivity index (χ0v) is 8.71. The molecule has 0 heterocycles. The van der Waals surface area contributed by atoms with Gasteiger partial charge < -0.3 is 14.6 Å². The number of ether oxygens (including phenoxy) is 2. The van der Waals surface area contributed by atoms with Crippen molar-refractivity contribution in [3.8, 4) is 11.5 Å². The highest BCUT2D eigenvalue weighted by molar-refractivity contribution is 5.41. The Balaban J connectivity index is 3.02. The molecule has 1 aromatic rings. The maximum Gasteiger partial charge on any atom is 0.573 e. The highest BCUT2D eigenvalue weighted by Gasteiger charge is 2.31. The van der Waals surface area contributed by atoms with Gasteiger partial charge in [0.05, 0.1) is 13.2 Å². The largest absolute Gasteiger partial charge is 0.573 e.